The van der Waals surface area contributed by atoms with Crippen LogP contribution in [0.1, 0.15) is 26.3 Å². The van der Waals surface area contributed by atoms with Crippen molar-refractivity contribution in [2.75, 3.05) is 12.4 Å². The molecule has 1 heterocycles. The van der Waals surface area contributed by atoms with Gasteiger partial charge in [-0.2, -0.15) is 0 Å². The standard InChI is InChI=1S/C26H24O5S/c27-25(20-12-6-2-7-13-20)30-17-23-24(31-26(28)21-14-8-3-9-15-21)22(18-32-23)29-16-19-10-4-1-5-11-19/h1-15,22-24H,16-18H2/t22-,23-,24-/m1/s1. The number of thioether (sulfide) groups is 1. The molecule has 0 aliphatic carbocycles. The lowest BCUT2D eigenvalue weighted by Crippen LogP contribution is -2.38. The molecule has 0 unspecified atom stereocenters. The van der Waals surface area contributed by atoms with E-state index in [-0.39, 0.29) is 18.0 Å². The van der Waals surface area contributed by atoms with Gasteiger partial charge in [0.1, 0.15) is 18.8 Å². The number of ether oxygens (including phenoxy) is 3. The maximum Gasteiger partial charge on any atom is 0.338 e. The van der Waals surface area contributed by atoms with Crippen LogP contribution in [0.2, 0.25) is 0 Å². The lowest BCUT2D eigenvalue weighted by Gasteiger charge is -2.24. The first-order valence-electron chi connectivity index (χ1n) is 10.5. The topological polar surface area (TPSA) is 61.8 Å². The number of benzene rings is 3. The van der Waals surface area contributed by atoms with Crippen molar-refractivity contribution in [1.82, 2.24) is 0 Å². The molecule has 1 fully saturated rings. The van der Waals surface area contributed by atoms with Crippen LogP contribution in [-0.4, -0.2) is 41.8 Å². The highest BCUT2D eigenvalue weighted by molar-refractivity contribution is 8.00. The fourth-order valence-corrected chi connectivity index (χ4v) is 4.75. The number of rotatable bonds is 8. The van der Waals surface area contributed by atoms with Crippen LogP contribution in [0.3, 0.4) is 0 Å². The molecule has 0 spiro atoms. The summed E-state index contributed by atoms with van der Waals surface area (Å²) in [5, 5.41) is -0.212. The van der Waals surface area contributed by atoms with E-state index in [9.17, 15) is 9.59 Å². The zero-order valence-corrected chi connectivity index (χ0v) is 18.3. The van der Waals surface area contributed by atoms with Crippen LogP contribution < -0.4 is 0 Å². The molecule has 0 aromatic heterocycles. The number of carbonyl (C=O) groups is 2. The summed E-state index contributed by atoms with van der Waals surface area (Å²) in [5.41, 5.74) is 2.01. The Morgan fingerprint density at radius 3 is 1.97 bits per heavy atom. The van der Waals surface area contributed by atoms with Crippen LogP contribution >= 0.6 is 11.8 Å². The van der Waals surface area contributed by atoms with E-state index in [1.54, 1.807) is 60.3 Å². The zero-order chi connectivity index (χ0) is 22.2. The number of carbonyl (C=O) groups excluding carboxylic acids is 2. The second-order valence-electron chi connectivity index (χ2n) is 7.41. The van der Waals surface area contributed by atoms with Crippen molar-refractivity contribution in [3.8, 4) is 0 Å². The minimum absolute atomic E-state index is 0.135. The van der Waals surface area contributed by atoms with Gasteiger partial charge >= 0.3 is 11.9 Å². The first kappa shape index (κ1) is 22.1. The predicted octanol–water partition coefficient (Wildman–Crippen LogP) is 4.77. The van der Waals surface area contributed by atoms with Gasteiger partial charge in [0.25, 0.3) is 0 Å². The molecule has 164 valence electrons. The van der Waals surface area contributed by atoms with Gasteiger partial charge in [-0.3, -0.25) is 0 Å². The van der Waals surface area contributed by atoms with Crippen LogP contribution in [0.5, 0.6) is 0 Å². The normalized spacial score (nSPS) is 19.9. The average molecular weight is 449 g/mol. The molecule has 3 aromatic rings. The molecule has 4 rings (SSSR count). The zero-order valence-electron chi connectivity index (χ0n) is 17.5. The van der Waals surface area contributed by atoms with Gasteiger partial charge in [-0.25, -0.2) is 9.59 Å². The van der Waals surface area contributed by atoms with Crippen molar-refractivity contribution in [3.05, 3.63) is 108 Å². The van der Waals surface area contributed by atoms with Gasteiger partial charge in [-0.1, -0.05) is 66.7 Å². The van der Waals surface area contributed by atoms with E-state index >= 15 is 0 Å². The Bertz CT molecular complexity index is 1010. The highest BCUT2D eigenvalue weighted by Gasteiger charge is 2.41. The molecule has 0 amide bonds. The van der Waals surface area contributed by atoms with Gasteiger partial charge in [0.05, 0.1) is 23.0 Å². The van der Waals surface area contributed by atoms with Crippen molar-refractivity contribution in [2.45, 2.75) is 24.1 Å². The van der Waals surface area contributed by atoms with E-state index in [1.807, 2.05) is 42.5 Å². The largest absolute Gasteiger partial charge is 0.461 e. The van der Waals surface area contributed by atoms with Crippen molar-refractivity contribution < 1.29 is 23.8 Å². The number of hydrogen-bond donors (Lipinski definition) is 0. The molecule has 5 nitrogen and oxygen atoms in total. The van der Waals surface area contributed by atoms with E-state index < -0.39 is 18.0 Å². The molecule has 3 atom stereocenters. The molecule has 3 aromatic carbocycles. The molecule has 0 saturated carbocycles. The van der Waals surface area contributed by atoms with E-state index in [4.69, 9.17) is 14.2 Å². The van der Waals surface area contributed by atoms with Crippen LogP contribution in [0.25, 0.3) is 0 Å². The fraction of sp³-hybridized carbons (Fsp3) is 0.231. The van der Waals surface area contributed by atoms with Crippen molar-refractivity contribution >= 4 is 23.7 Å². The number of esters is 2. The van der Waals surface area contributed by atoms with Gasteiger partial charge in [0.2, 0.25) is 0 Å². The third-order valence-corrected chi connectivity index (χ3v) is 6.51. The summed E-state index contributed by atoms with van der Waals surface area (Å²) < 4.78 is 17.5. The third-order valence-electron chi connectivity index (χ3n) is 5.16. The summed E-state index contributed by atoms with van der Waals surface area (Å²) in [4.78, 5) is 25.1. The highest BCUT2D eigenvalue weighted by atomic mass is 32.2. The predicted molar refractivity (Wildman–Crippen MR) is 124 cm³/mol. The van der Waals surface area contributed by atoms with Gasteiger partial charge in [0, 0.05) is 5.75 Å². The van der Waals surface area contributed by atoms with Crippen LogP contribution in [0, 0.1) is 0 Å². The summed E-state index contributed by atoms with van der Waals surface area (Å²) in [6.45, 7) is 0.554. The van der Waals surface area contributed by atoms with Crippen LogP contribution in [0.4, 0.5) is 0 Å². The summed E-state index contributed by atoms with van der Waals surface area (Å²) >= 11 is 1.59. The quantitative estimate of drug-likeness (QED) is 0.463. The minimum atomic E-state index is -0.528. The first-order chi connectivity index (χ1) is 15.7. The molecule has 1 saturated heterocycles. The molecule has 0 bridgehead atoms. The molecule has 0 N–H and O–H groups in total. The lowest BCUT2D eigenvalue weighted by molar-refractivity contribution is -0.0484. The SMILES string of the molecule is O=C(OC[C@H]1SC[C@@H](OCc2ccccc2)[C@H]1OC(=O)c1ccccc1)c1ccccc1. The third kappa shape index (κ3) is 5.78. The van der Waals surface area contributed by atoms with E-state index in [0.29, 0.717) is 23.5 Å². The monoisotopic (exact) mass is 448 g/mol. The smallest absolute Gasteiger partial charge is 0.338 e. The maximum atomic E-state index is 12.7. The van der Waals surface area contributed by atoms with Gasteiger partial charge in [-0.05, 0) is 29.8 Å². The Morgan fingerprint density at radius 2 is 1.34 bits per heavy atom. The van der Waals surface area contributed by atoms with E-state index in [1.165, 1.54) is 0 Å². The van der Waals surface area contributed by atoms with Gasteiger partial charge in [0.15, 0.2) is 0 Å². The molecule has 0 radical (unpaired) electrons. The van der Waals surface area contributed by atoms with E-state index in [2.05, 4.69) is 0 Å². The molecule has 1 aliphatic rings. The molecular weight excluding hydrogens is 424 g/mol. The molecular formula is C26H24O5S. The molecule has 6 heteroatoms. The Kier molecular flexibility index (Phi) is 7.59. The summed E-state index contributed by atoms with van der Waals surface area (Å²) in [5.74, 6) is -0.161. The lowest BCUT2D eigenvalue weighted by atomic mass is 10.1. The van der Waals surface area contributed by atoms with Crippen molar-refractivity contribution in [2.24, 2.45) is 0 Å². The van der Waals surface area contributed by atoms with Crippen molar-refractivity contribution in [3.63, 3.8) is 0 Å². The molecule has 32 heavy (non-hydrogen) atoms. The summed E-state index contributed by atoms with van der Waals surface area (Å²) in [6.07, 6.45) is -0.826. The van der Waals surface area contributed by atoms with Crippen LogP contribution in [-0.2, 0) is 20.8 Å². The second-order valence-corrected chi connectivity index (χ2v) is 8.68. The highest BCUT2D eigenvalue weighted by Crippen LogP contribution is 2.33. The van der Waals surface area contributed by atoms with E-state index in [0.717, 1.165) is 5.56 Å². The first-order valence-corrected chi connectivity index (χ1v) is 11.5. The minimum Gasteiger partial charge on any atom is -0.461 e. The van der Waals surface area contributed by atoms with Crippen molar-refractivity contribution in [1.29, 1.82) is 0 Å². The van der Waals surface area contributed by atoms with Crippen LogP contribution in [0.15, 0.2) is 91.0 Å². The Labute approximate surface area is 191 Å². The molecule has 1 aliphatic heterocycles. The Hall–Kier alpha value is -3.09. The van der Waals surface area contributed by atoms with Gasteiger partial charge in [-0.15, -0.1) is 11.8 Å². The summed E-state index contributed by atoms with van der Waals surface area (Å²) in [7, 11) is 0. The Balaban J connectivity index is 1.43. The maximum absolute atomic E-state index is 12.7. The number of hydrogen-bond acceptors (Lipinski definition) is 6. The van der Waals surface area contributed by atoms with Gasteiger partial charge < -0.3 is 14.2 Å². The summed E-state index contributed by atoms with van der Waals surface area (Å²) in [6, 6.07) is 27.6. The Morgan fingerprint density at radius 1 is 0.781 bits per heavy atom. The second kappa shape index (κ2) is 11.0. The average Bonchev–Trinajstić information content (AvgIpc) is 3.24. The fourth-order valence-electron chi connectivity index (χ4n) is 3.44.